The number of nitrogens with one attached hydrogen (secondary N) is 1. The highest BCUT2D eigenvalue weighted by atomic mass is 35.5. The van der Waals surface area contributed by atoms with E-state index in [-0.39, 0.29) is 11.8 Å². The maximum Gasteiger partial charge on any atom is 0.337 e. The fourth-order valence-corrected chi connectivity index (χ4v) is 4.24. The number of hydrogen-bond donors (Lipinski definition) is 1. The number of benzene rings is 2. The van der Waals surface area contributed by atoms with Gasteiger partial charge in [-0.15, -0.1) is 11.6 Å². The van der Waals surface area contributed by atoms with E-state index in [1.165, 1.54) is 0 Å². The molecule has 0 amide bonds. The summed E-state index contributed by atoms with van der Waals surface area (Å²) in [6.07, 6.45) is 2.80. The van der Waals surface area contributed by atoms with E-state index in [1.807, 2.05) is 38.1 Å². The van der Waals surface area contributed by atoms with Gasteiger partial charge < -0.3 is 13.9 Å². The largest absolute Gasteiger partial charge is 0.490 e. The van der Waals surface area contributed by atoms with E-state index in [1.54, 1.807) is 12.1 Å². The molecule has 0 bridgehead atoms. The molecule has 0 spiro atoms. The summed E-state index contributed by atoms with van der Waals surface area (Å²) < 4.78 is 41.6. The van der Waals surface area contributed by atoms with Crippen molar-refractivity contribution in [1.29, 1.82) is 0 Å². The van der Waals surface area contributed by atoms with Crippen molar-refractivity contribution >= 4 is 50.6 Å². The van der Waals surface area contributed by atoms with Gasteiger partial charge in [-0.25, -0.2) is 8.42 Å². The average molecular weight is 534 g/mol. The number of anilines is 1. The molecule has 11 heteroatoms. The molecule has 0 saturated carbocycles. The zero-order chi connectivity index (χ0) is 24.2. The van der Waals surface area contributed by atoms with Crippen molar-refractivity contribution in [2.75, 3.05) is 23.5 Å². The first-order chi connectivity index (χ1) is 15.5. The van der Waals surface area contributed by atoms with Gasteiger partial charge in [0.15, 0.2) is 12.1 Å². The lowest BCUT2D eigenvalue weighted by Crippen LogP contribution is -2.19. The van der Waals surface area contributed by atoms with Crippen LogP contribution in [0.2, 0.25) is 10.0 Å². The van der Waals surface area contributed by atoms with Crippen LogP contribution in [0.1, 0.15) is 31.4 Å². The van der Waals surface area contributed by atoms with E-state index in [4.69, 9.17) is 48.7 Å². The second-order valence-electron chi connectivity index (χ2n) is 7.77. The lowest BCUT2D eigenvalue weighted by molar-refractivity contribution is 0.318. The number of nitrogens with zero attached hydrogens (tertiary/aromatic N) is 1. The highest BCUT2D eigenvalue weighted by Gasteiger charge is 2.26. The average Bonchev–Trinajstić information content (AvgIpc) is 3.15. The Balaban J connectivity index is 1.80. The molecule has 2 aromatic carbocycles. The maximum atomic E-state index is 11.4. The molecule has 1 aromatic heterocycles. The number of alkyl halides is 1. The van der Waals surface area contributed by atoms with Crippen LogP contribution in [0.25, 0.3) is 0 Å². The smallest absolute Gasteiger partial charge is 0.337 e. The van der Waals surface area contributed by atoms with Gasteiger partial charge in [0.25, 0.3) is 0 Å². The molecular weight excluding hydrogens is 511 g/mol. The summed E-state index contributed by atoms with van der Waals surface area (Å²) in [6, 6.07) is 11.0. The number of oxazole rings is 1. The molecule has 1 heterocycles. The fraction of sp³-hybridized carbons (Fsp3) is 0.318. The summed E-state index contributed by atoms with van der Waals surface area (Å²) >= 11 is 18.6. The Labute approximate surface area is 208 Å². The summed E-state index contributed by atoms with van der Waals surface area (Å²) in [5.41, 5.74) is 1.45. The topological polar surface area (TPSA) is 90.7 Å². The van der Waals surface area contributed by atoms with Crippen LogP contribution in [0.4, 0.5) is 5.82 Å². The highest BCUT2D eigenvalue weighted by Crippen LogP contribution is 2.41. The van der Waals surface area contributed by atoms with Crippen LogP contribution in [0.15, 0.2) is 47.2 Å². The number of rotatable bonds is 10. The van der Waals surface area contributed by atoms with Crippen molar-refractivity contribution in [3.8, 4) is 17.4 Å². The highest BCUT2D eigenvalue weighted by molar-refractivity contribution is 7.92. The molecule has 0 saturated heterocycles. The zero-order valence-corrected chi connectivity index (χ0v) is 21.3. The van der Waals surface area contributed by atoms with Crippen LogP contribution in [-0.4, -0.2) is 32.1 Å². The number of hydrogen-bond acceptors (Lipinski definition) is 6. The molecule has 7 nitrogen and oxygen atoms in total. The molecule has 33 heavy (non-hydrogen) atoms. The van der Waals surface area contributed by atoms with Gasteiger partial charge in [-0.3, -0.25) is 4.72 Å². The molecule has 0 atom stereocenters. The van der Waals surface area contributed by atoms with Crippen molar-refractivity contribution in [2.45, 2.75) is 25.7 Å². The van der Waals surface area contributed by atoms with Crippen LogP contribution < -0.4 is 14.2 Å². The zero-order valence-electron chi connectivity index (χ0n) is 18.2. The van der Waals surface area contributed by atoms with Crippen LogP contribution >= 0.6 is 34.8 Å². The van der Waals surface area contributed by atoms with E-state index in [2.05, 4.69) is 9.71 Å². The SMILES string of the molecule is CC(C)(c1ccc(Oc2ocnc2NS(C)(=O)=O)cc1)c1cc(Cl)c(OCCCCl)c(Cl)c1. The first-order valence-electron chi connectivity index (χ1n) is 9.89. The van der Waals surface area contributed by atoms with E-state index >= 15 is 0 Å². The maximum absolute atomic E-state index is 11.4. The Morgan fingerprint density at radius 1 is 1.09 bits per heavy atom. The second kappa shape index (κ2) is 10.4. The van der Waals surface area contributed by atoms with Gasteiger partial charge >= 0.3 is 5.95 Å². The number of halogens is 3. The molecule has 1 N–H and O–H groups in total. The third kappa shape index (κ3) is 6.47. The molecule has 178 valence electrons. The molecule has 0 unspecified atom stereocenters. The minimum absolute atomic E-state index is 0.0282. The Kier molecular flexibility index (Phi) is 8.05. The summed E-state index contributed by atoms with van der Waals surface area (Å²) in [6.45, 7) is 4.52. The Hall–Kier alpha value is -2.13. The van der Waals surface area contributed by atoms with Crippen LogP contribution in [-0.2, 0) is 15.4 Å². The van der Waals surface area contributed by atoms with E-state index < -0.39 is 15.4 Å². The van der Waals surface area contributed by atoms with E-state index in [0.717, 1.165) is 23.8 Å². The van der Waals surface area contributed by atoms with Gasteiger partial charge in [0, 0.05) is 11.3 Å². The van der Waals surface area contributed by atoms with Crippen molar-refractivity contribution in [1.82, 2.24) is 4.98 Å². The summed E-state index contributed by atoms with van der Waals surface area (Å²) in [5.74, 6) is 1.29. The van der Waals surface area contributed by atoms with Gasteiger partial charge in [0.2, 0.25) is 15.8 Å². The predicted molar refractivity (Wildman–Crippen MR) is 131 cm³/mol. The molecular formula is C22H23Cl3N2O5S. The van der Waals surface area contributed by atoms with Crippen molar-refractivity contribution in [2.24, 2.45) is 0 Å². The van der Waals surface area contributed by atoms with Crippen molar-refractivity contribution in [3.63, 3.8) is 0 Å². The Morgan fingerprint density at radius 2 is 1.73 bits per heavy atom. The van der Waals surface area contributed by atoms with Crippen LogP contribution in [0.5, 0.6) is 17.4 Å². The lowest BCUT2D eigenvalue weighted by atomic mass is 9.78. The second-order valence-corrected chi connectivity index (χ2v) is 10.7. The molecule has 0 radical (unpaired) electrons. The minimum Gasteiger partial charge on any atom is -0.490 e. The standard InChI is InChI=1S/C22H23Cl3N2O5S/c1-22(2,15-11-17(24)19(18(25)12-15)30-10-4-9-23)14-5-7-16(8-6-14)32-21-20(26-13-31-21)27-33(3,28)29/h5-8,11-13,27H,4,9-10H2,1-3H3. The van der Waals surface area contributed by atoms with E-state index in [9.17, 15) is 8.42 Å². The van der Waals surface area contributed by atoms with Crippen LogP contribution in [0.3, 0.4) is 0 Å². The van der Waals surface area contributed by atoms with E-state index in [0.29, 0.717) is 40.5 Å². The summed E-state index contributed by atoms with van der Waals surface area (Å²) in [7, 11) is -3.52. The Bertz CT molecular complexity index is 1190. The number of sulfonamides is 1. The minimum atomic E-state index is -3.52. The third-order valence-electron chi connectivity index (χ3n) is 4.85. The first kappa shape index (κ1) is 25.5. The van der Waals surface area contributed by atoms with Crippen molar-refractivity contribution < 1.29 is 22.3 Å². The molecule has 3 rings (SSSR count). The molecule has 0 aliphatic rings. The van der Waals surface area contributed by atoms with Gasteiger partial charge in [-0.2, -0.15) is 4.98 Å². The van der Waals surface area contributed by atoms with Gasteiger partial charge in [-0.05, 0) is 41.8 Å². The van der Waals surface area contributed by atoms with Crippen LogP contribution in [0, 0.1) is 0 Å². The van der Waals surface area contributed by atoms with Gasteiger partial charge in [0.05, 0.1) is 22.9 Å². The monoisotopic (exact) mass is 532 g/mol. The quantitative estimate of drug-likeness (QED) is 0.237. The Morgan fingerprint density at radius 3 is 2.30 bits per heavy atom. The summed E-state index contributed by atoms with van der Waals surface area (Å²) in [4.78, 5) is 3.82. The van der Waals surface area contributed by atoms with Gasteiger partial charge in [0.1, 0.15) is 5.75 Å². The normalized spacial score (nSPS) is 11.9. The molecule has 0 fully saturated rings. The fourth-order valence-electron chi connectivity index (χ4n) is 3.05. The number of aromatic nitrogens is 1. The molecule has 0 aliphatic carbocycles. The van der Waals surface area contributed by atoms with Gasteiger partial charge in [-0.1, -0.05) is 49.2 Å². The number of ether oxygens (including phenoxy) is 2. The molecule has 0 aliphatic heterocycles. The van der Waals surface area contributed by atoms with Crippen molar-refractivity contribution in [3.05, 3.63) is 64.0 Å². The predicted octanol–water partition coefficient (Wildman–Crippen LogP) is 6.48. The first-order valence-corrected chi connectivity index (χ1v) is 13.1. The third-order valence-corrected chi connectivity index (χ3v) is 6.24. The summed E-state index contributed by atoms with van der Waals surface area (Å²) in [5, 5.41) is 0.854. The molecule has 3 aromatic rings. The lowest BCUT2D eigenvalue weighted by Gasteiger charge is -2.27.